The van der Waals surface area contributed by atoms with Crippen molar-refractivity contribution in [2.75, 3.05) is 12.3 Å². The molecule has 0 aromatic heterocycles. The highest BCUT2D eigenvalue weighted by atomic mass is 32.1. The first kappa shape index (κ1) is 24.6. The van der Waals surface area contributed by atoms with Crippen LogP contribution in [0.15, 0.2) is 0 Å². The van der Waals surface area contributed by atoms with Crippen molar-refractivity contribution in [2.24, 2.45) is 11.5 Å². The van der Waals surface area contributed by atoms with Gasteiger partial charge in [-0.05, 0) is 13.3 Å². The number of carbonyl (C=O) groups is 5. The van der Waals surface area contributed by atoms with Gasteiger partial charge in [0.2, 0.25) is 23.6 Å². The minimum absolute atomic E-state index is 0.000401. The van der Waals surface area contributed by atoms with Crippen molar-refractivity contribution in [3.05, 3.63) is 0 Å². The van der Waals surface area contributed by atoms with E-state index in [1.807, 2.05) is 5.32 Å². The van der Waals surface area contributed by atoms with Gasteiger partial charge in [0.1, 0.15) is 6.04 Å². The van der Waals surface area contributed by atoms with Crippen LogP contribution in [-0.4, -0.2) is 76.3 Å². The summed E-state index contributed by atoms with van der Waals surface area (Å²) >= 11 is 3.93. The molecule has 0 saturated carbocycles. The Hall–Kier alpha value is -2.38. The highest BCUT2D eigenvalue weighted by Gasteiger charge is 2.26. The van der Waals surface area contributed by atoms with E-state index < -0.39 is 60.4 Å². The summed E-state index contributed by atoms with van der Waals surface area (Å²) in [7, 11) is 0. The van der Waals surface area contributed by atoms with E-state index in [4.69, 9.17) is 16.6 Å². The standard InChI is InChI=1S/C14H25N5O7S/c1-6(20)11(14(25)26)19-10(22)4-17-13(24)8(5-27)18-12(23)7(15)2-3-9(16)21/h6-8,11,20,27H,2-5,15H2,1H3,(H2,16,21)(H,17,24)(H,18,23)(H,19,22)(H,25,26). The number of hydrogen-bond donors (Lipinski definition) is 8. The molecule has 4 unspecified atom stereocenters. The van der Waals surface area contributed by atoms with E-state index in [1.54, 1.807) is 0 Å². The van der Waals surface area contributed by atoms with Crippen LogP contribution in [-0.2, 0) is 24.0 Å². The van der Waals surface area contributed by atoms with Gasteiger partial charge in [-0.2, -0.15) is 12.6 Å². The number of carbonyl (C=O) groups excluding carboxylic acids is 4. The number of primary amides is 1. The molecule has 0 fully saturated rings. The molecule has 0 aromatic carbocycles. The van der Waals surface area contributed by atoms with E-state index in [0.717, 1.165) is 0 Å². The summed E-state index contributed by atoms with van der Waals surface area (Å²) in [6.45, 7) is 0.606. The first-order chi connectivity index (χ1) is 12.5. The summed E-state index contributed by atoms with van der Waals surface area (Å²) in [5.41, 5.74) is 10.5. The number of aliphatic carboxylic acids is 1. The Morgan fingerprint density at radius 3 is 2.15 bits per heavy atom. The van der Waals surface area contributed by atoms with Crippen molar-refractivity contribution in [2.45, 2.75) is 44.0 Å². The summed E-state index contributed by atoms with van der Waals surface area (Å²) in [6.07, 6.45) is -1.44. The van der Waals surface area contributed by atoms with Gasteiger partial charge in [0.25, 0.3) is 0 Å². The maximum Gasteiger partial charge on any atom is 0.328 e. The SMILES string of the molecule is CC(O)C(NC(=O)CNC(=O)C(CS)NC(=O)C(N)CCC(N)=O)C(=O)O. The average molecular weight is 407 g/mol. The highest BCUT2D eigenvalue weighted by Crippen LogP contribution is 1.97. The smallest absolute Gasteiger partial charge is 0.328 e. The van der Waals surface area contributed by atoms with Gasteiger partial charge in [0.05, 0.1) is 18.7 Å². The number of aliphatic hydroxyl groups excluding tert-OH is 1. The van der Waals surface area contributed by atoms with Gasteiger partial charge in [-0.25, -0.2) is 4.79 Å². The Balaban J connectivity index is 4.55. The molecule has 4 amide bonds. The van der Waals surface area contributed by atoms with Crippen LogP contribution in [0.25, 0.3) is 0 Å². The lowest BCUT2D eigenvalue weighted by Crippen LogP contribution is -2.55. The Kier molecular flexibility index (Phi) is 11.0. The normalized spacial score (nSPS) is 15.0. The molecule has 0 spiro atoms. The monoisotopic (exact) mass is 407 g/mol. The fraction of sp³-hybridized carbons (Fsp3) is 0.643. The molecule has 154 valence electrons. The molecule has 0 heterocycles. The van der Waals surface area contributed by atoms with Gasteiger partial charge in [-0.1, -0.05) is 0 Å². The maximum atomic E-state index is 12.0. The average Bonchev–Trinajstić information content (AvgIpc) is 2.58. The van der Waals surface area contributed by atoms with E-state index in [-0.39, 0.29) is 18.6 Å². The van der Waals surface area contributed by atoms with Gasteiger partial charge < -0.3 is 37.6 Å². The van der Waals surface area contributed by atoms with Crippen molar-refractivity contribution in [3.63, 3.8) is 0 Å². The lowest BCUT2D eigenvalue weighted by Gasteiger charge is -2.20. The number of hydrogen-bond acceptors (Lipinski definition) is 8. The number of aliphatic hydroxyl groups is 1. The summed E-state index contributed by atoms with van der Waals surface area (Å²) in [5, 5.41) is 24.7. The molecule has 13 heteroatoms. The Labute approximate surface area is 160 Å². The lowest BCUT2D eigenvalue weighted by atomic mass is 10.1. The van der Waals surface area contributed by atoms with E-state index in [2.05, 4.69) is 23.3 Å². The zero-order chi connectivity index (χ0) is 21.1. The predicted octanol–water partition coefficient (Wildman–Crippen LogP) is -3.94. The summed E-state index contributed by atoms with van der Waals surface area (Å²) in [6, 6.07) is -3.70. The first-order valence-corrected chi connectivity index (χ1v) is 8.55. The predicted molar refractivity (Wildman–Crippen MR) is 96.4 cm³/mol. The second-order valence-corrected chi connectivity index (χ2v) is 6.06. The van der Waals surface area contributed by atoms with Crippen LogP contribution >= 0.6 is 12.6 Å². The van der Waals surface area contributed by atoms with Crippen molar-refractivity contribution in [3.8, 4) is 0 Å². The number of nitrogens with one attached hydrogen (secondary N) is 3. The minimum Gasteiger partial charge on any atom is -0.480 e. The molecule has 0 aliphatic carbocycles. The lowest BCUT2D eigenvalue weighted by molar-refractivity contribution is -0.144. The Morgan fingerprint density at radius 2 is 1.70 bits per heavy atom. The van der Waals surface area contributed by atoms with Crippen molar-refractivity contribution in [1.82, 2.24) is 16.0 Å². The number of amides is 4. The summed E-state index contributed by atoms with van der Waals surface area (Å²) in [5.74, 6) is -4.46. The van der Waals surface area contributed by atoms with Gasteiger partial charge in [0, 0.05) is 12.2 Å². The van der Waals surface area contributed by atoms with Gasteiger partial charge in [-0.15, -0.1) is 0 Å². The summed E-state index contributed by atoms with van der Waals surface area (Å²) < 4.78 is 0. The topological polar surface area (TPSA) is 214 Å². The number of rotatable bonds is 12. The zero-order valence-corrected chi connectivity index (χ0v) is 15.6. The molecule has 0 saturated heterocycles. The van der Waals surface area contributed by atoms with Crippen LogP contribution in [0.2, 0.25) is 0 Å². The zero-order valence-electron chi connectivity index (χ0n) is 14.7. The number of carboxylic acid groups (broad SMARTS) is 1. The number of nitrogens with two attached hydrogens (primary N) is 2. The van der Waals surface area contributed by atoms with Crippen LogP contribution in [0.4, 0.5) is 0 Å². The Morgan fingerprint density at radius 1 is 1.11 bits per heavy atom. The van der Waals surface area contributed by atoms with Gasteiger partial charge in [0.15, 0.2) is 6.04 Å². The van der Waals surface area contributed by atoms with E-state index in [1.165, 1.54) is 6.92 Å². The number of thiol groups is 1. The van der Waals surface area contributed by atoms with Crippen LogP contribution < -0.4 is 27.4 Å². The maximum absolute atomic E-state index is 12.0. The quantitative estimate of drug-likeness (QED) is 0.149. The Bertz CT molecular complexity index is 572. The molecule has 4 atom stereocenters. The van der Waals surface area contributed by atoms with Crippen LogP contribution in [0.5, 0.6) is 0 Å². The molecule has 9 N–H and O–H groups in total. The van der Waals surface area contributed by atoms with Gasteiger partial charge in [-0.3, -0.25) is 19.2 Å². The fourth-order valence-electron chi connectivity index (χ4n) is 1.81. The van der Waals surface area contributed by atoms with Crippen molar-refractivity contribution in [1.29, 1.82) is 0 Å². The molecular formula is C14H25N5O7S. The molecule has 12 nitrogen and oxygen atoms in total. The fourth-order valence-corrected chi connectivity index (χ4v) is 2.06. The first-order valence-electron chi connectivity index (χ1n) is 7.92. The number of carboxylic acids is 1. The second kappa shape index (κ2) is 12.1. The molecule has 0 aromatic rings. The molecule has 0 bridgehead atoms. The molecule has 0 aliphatic heterocycles. The van der Waals surface area contributed by atoms with Crippen LogP contribution in [0.3, 0.4) is 0 Å². The highest BCUT2D eigenvalue weighted by molar-refractivity contribution is 7.80. The molecule has 0 rings (SSSR count). The van der Waals surface area contributed by atoms with E-state index in [0.29, 0.717) is 0 Å². The molecule has 27 heavy (non-hydrogen) atoms. The molecule has 0 radical (unpaired) electrons. The van der Waals surface area contributed by atoms with Crippen molar-refractivity contribution < 1.29 is 34.2 Å². The van der Waals surface area contributed by atoms with Crippen LogP contribution in [0, 0.1) is 0 Å². The van der Waals surface area contributed by atoms with Crippen molar-refractivity contribution >= 4 is 42.2 Å². The molecular weight excluding hydrogens is 382 g/mol. The third-order valence-electron chi connectivity index (χ3n) is 3.34. The third-order valence-corrected chi connectivity index (χ3v) is 3.71. The van der Waals surface area contributed by atoms with Gasteiger partial charge >= 0.3 is 5.97 Å². The summed E-state index contributed by atoms with van der Waals surface area (Å²) in [4.78, 5) is 57.2. The van der Waals surface area contributed by atoms with Crippen LogP contribution in [0.1, 0.15) is 19.8 Å². The third kappa shape index (κ3) is 9.77. The second-order valence-electron chi connectivity index (χ2n) is 5.70. The minimum atomic E-state index is -1.53. The molecule has 0 aliphatic rings. The van der Waals surface area contributed by atoms with E-state index in [9.17, 15) is 29.1 Å². The van der Waals surface area contributed by atoms with E-state index >= 15 is 0 Å². The largest absolute Gasteiger partial charge is 0.480 e.